The first-order chi connectivity index (χ1) is 16.7. The number of amides is 3. The first-order valence-electron chi connectivity index (χ1n) is 10.4. The van der Waals surface area contributed by atoms with Crippen molar-refractivity contribution in [3.8, 4) is 5.75 Å². The van der Waals surface area contributed by atoms with Gasteiger partial charge in [-0.25, -0.2) is 4.68 Å². The molecular formula is C23H23N5O7. The van der Waals surface area contributed by atoms with Gasteiger partial charge in [-0.3, -0.25) is 24.0 Å². The van der Waals surface area contributed by atoms with Crippen molar-refractivity contribution in [2.75, 3.05) is 25.6 Å². The standard InChI is InChI=1S/C23H23N5O7/c1-13-7-8-17(34-2)16(9-13)26-18(29)10-25-19(30)12-35-20(31)11-28-23(33)15-6-4-3-5-14(15)21(27-28)22(24)32/h3-9H,10-12H2,1-2H3,(H2,24,32)(H,25,30)(H,26,29). The quantitative estimate of drug-likeness (QED) is 0.361. The second-order valence-corrected chi connectivity index (χ2v) is 7.41. The fourth-order valence-electron chi connectivity index (χ4n) is 3.18. The van der Waals surface area contributed by atoms with Crippen LogP contribution in [0.15, 0.2) is 47.3 Å². The molecule has 0 saturated heterocycles. The maximum atomic E-state index is 12.6. The van der Waals surface area contributed by atoms with E-state index in [-0.39, 0.29) is 23.0 Å². The van der Waals surface area contributed by atoms with Gasteiger partial charge in [0, 0.05) is 5.39 Å². The van der Waals surface area contributed by atoms with Gasteiger partial charge in [-0.1, -0.05) is 24.3 Å². The Balaban J connectivity index is 1.54. The maximum absolute atomic E-state index is 12.6. The molecule has 0 spiro atoms. The molecule has 3 aromatic rings. The van der Waals surface area contributed by atoms with Crippen molar-refractivity contribution < 1.29 is 28.7 Å². The number of ether oxygens (including phenoxy) is 2. The fraction of sp³-hybridized carbons (Fsp3) is 0.217. The Morgan fingerprint density at radius 1 is 1.06 bits per heavy atom. The first-order valence-corrected chi connectivity index (χ1v) is 10.4. The zero-order valence-electron chi connectivity index (χ0n) is 19.0. The molecule has 2 aromatic carbocycles. The Labute approximate surface area is 199 Å². The molecule has 12 heteroatoms. The number of primary amides is 1. The number of nitrogens with one attached hydrogen (secondary N) is 2. The van der Waals surface area contributed by atoms with Gasteiger partial charge in [0.25, 0.3) is 17.4 Å². The Kier molecular flexibility index (Phi) is 7.77. The highest BCUT2D eigenvalue weighted by Gasteiger charge is 2.17. The highest BCUT2D eigenvalue weighted by atomic mass is 16.5. The minimum Gasteiger partial charge on any atom is -0.495 e. The van der Waals surface area contributed by atoms with Gasteiger partial charge < -0.3 is 25.8 Å². The van der Waals surface area contributed by atoms with Crippen LogP contribution in [0.1, 0.15) is 16.1 Å². The molecule has 35 heavy (non-hydrogen) atoms. The number of esters is 1. The molecule has 4 N–H and O–H groups in total. The summed E-state index contributed by atoms with van der Waals surface area (Å²) in [7, 11) is 1.46. The smallest absolute Gasteiger partial charge is 0.328 e. The second-order valence-electron chi connectivity index (χ2n) is 7.41. The second kappa shape index (κ2) is 10.9. The predicted molar refractivity (Wildman–Crippen MR) is 125 cm³/mol. The van der Waals surface area contributed by atoms with Crippen LogP contribution in [0.4, 0.5) is 5.69 Å². The number of hydrogen-bond donors (Lipinski definition) is 3. The zero-order valence-corrected chi connectivity index (χ0v) is 19.0. The Morgan fingerprint density at radius 3 is 2.46 bits per heavy atom. The number of benzene rings is 2. The van der Waals surface area contributed by atoms with Gasteiger partial charge >= 0.3 is 5.97 Å². The van der Waals surface area contributed by atoms with Crippen molar-refractivity contribution in [3.05, 3.63) is 64.1 Å². The van der Waals surface area contributed by atoms with Gasteiger partial charge in [0.05, 0.1) is 24.7 Å². The number of nitrogens with zero attached hydrogens (tertiary/aromatic N) is 2. The largest absolute Gasteiger partial charge is 0.495 e. The molecule has 0 saturated carbocycles. The molecule has 0 aliphatic carbocycles. The van der Waals surface area contributed by atoms with E-state index in [0.717, 1.165) is 10.2 Å². The summed E-state index contributed by atoms with van der Waals surface area (Å²) < 4.78 is 10.8. The normalized spacial score (nSPS) is 10.5. The molecule has 12 nitrogen and oxygen atoms in total. The van der Waals surface area contributed by atoms with Crippen LogP contribution in [0.5, 0.6) is 5.75 Å². The van der Waals surface area contributed by atoms with Crippen LogP contribution in [-0.2, 0) is 25.7 Å². The summed E-state index contributed by atoms with van der Waals surface area (Å²) in [5, 5.41) is 9.20. The van der Waals surface area contributed by atoms with Gasteiger partial charge in [0.2, 0.25) is 5.91 Å². The minimum absolute atomic E-state index is 0.151. The molecule has 0 atom stereocenters. The van der Waals surface area contributed by atoms with E-state index in [1.165, 1.54) is 19.2 Å². The molecule has 0 radical (unpaired) electrons. The number of methoxy groups -OCH3 is 1. The molecule has 0 unspecified atom stereocenters. The summed E-state index contributed by atoms with van der Waals surface area (Å²) in [5.74, 6) is -2.61. The predicted octanol–water partition coefficient (Wildman–Crippen LogP) is 0.111. The van der Waals surface area contributed by atoms with Crippen LogP contribution in [-0.4, -0.2) is 53.7 Å². The number of aryl methyl sites for hydroxylation is 1. The molecular weight excluding hydrogens is 458 g/mol. The fourth-order valence-corrected chi connectivity index (χ4v) is 3.18. The zero-order chi connectivity index (χ0) is 25.5. The van der Waals surface area contributed by atoms with Crippen LogP contribution < -0.4 is 26.7 Å². The topological polar surface area (TPSA) is 172 Å². The highest BCUT2D eigenvalue weighted by Crippen LogP contribution is 2.24. The van der Waals surface area contributed by atoms with Crippen molar-refractivity contribution >= 4 is 40.2 Å². The lowest BCUT2D eigenvalue weighted by atomic mass is 10.1. The van der Waals surface area contributed by atoms with Crippen LogP contribution in [0.2, 0.25) is 0 Å². The Hall–Kier alpha value is -4.74. The van der Waals surface area contributed by atoms with Crippen molar-refractivity contribution in [2.45, 2.75) is 13.5 Å². The number of hydrogen-bond acceptors (Lipinski definition) is 8. The lowest BCUT2D eigenvalue weighted by molar-refractivity contribution is -0.149. The van der Waals surface area contributed by atoms with E-state index in [2.05, 4.69) is 15.7 Å². The lowest BCUT2D eigenvalue weighted by Crippen LogP contribution is -2.36. The number of fused-ring (bicyclic) bond motifs is 1. The average molecular weight is 481 g/mol. The molecule has 0 bridgehead atoms. The van der Waals surface area contributed by atoms with Crippen LogP contribution >= 0.6 is 0 Å². The van der Waals surface area contributed by atoms with E-state index < -0.39 is 42.4 Å². The van der Waals surface area contributed by atoms with Gasteiger partial charge in [0.15, 0.2) is 12.3 Å². The van der Waals surface area contributed by atoms with Crippen molar-refractivity contribution in [3.63, 3.8) is 0 Å². The van der Waals surface area contributed by atoms with Gasteiger partial charge in [-0.05, 0) is 30.7 Å². The van der Waals surface area contributed by atoms with Crippen molar-refractivity contribution in [1.29, 1.82) is 0 Å². The highest BCUT2D eigenvalue weighted by molar-refractivity contribution is 6.04. The van der Waals surface area contributed by atoms with Gasteiger partial charge in [-0.2, -0.15) is 5.10 Å². The average Bonchev–Trinajstić information content (AvgIpc) is 2.83. The summed E-state index contributed by atoms with van der Waals surface area (Å²) in [6, 6.07) is 11.4. The van der Waals surface area contributed by atoms with E-state index >= 15 is 0 Å². The Bertz CT molecular complexity index is 1370. The molecule has 0 aliphatic heterocycles. The number of rotatable bonds is 9. The molecule has 3 rings (SSSR count). The number of aromatic nitrogens is 2. The summed E-state index contributed by atoms with van der Waals surface area (Å²) >= 11 is 0. The molecule has 1 heterocycles. The molecule has 182 valence electrons. The molecule has 0 fully saturated rings. The Morgan fingerprint density at radius 2 is 1.77 bits per heavy atom. The first kappa shape index (κ1) is 24.9. The van der Waals surface area contributed by atoms with Crippen molar-refractivity contribution in [1.82, 2.24) is 15.1 Å². The van der Waals surface area contributed by atoms with Gasteiger partial charge in [-0.15, -0.1) is 0 Å². The van der Waals surface area contributed by atoms with Crippen molar-refractivity contribution in [2.24, 2.45) is 5.73 Å². The van der Waals surface area contributed by atoms with E-state index in [1.807, 2.05) is 13.0 Å². The number of anilines is 1. The van der Waals surface area contributed by atoms with Gasteiger partial charge in [0.1, 0.15) is 12.3 Å². The summed E-state index contributed by atoms with van der Waals surface area (Å²) in [4.78, 5) is 60.6. The van der Waals surface area contributed by atoms with Crippen LogP contribution in [0.25, 0.3) is 10.8 Å². The minimum atomic E-state index is -0.950. The van der Waals surface area contributed by atoms with Crippen LogP contribution in [0.3, 0.4) is 0 Å². The monoisotopic (exact) mass is 481 g/mol. The van der Waals surface area contributed by atoms with E-state index in [9.17, 15) is 24.0 Å². The summed E-state index contributed by atoms with van der Waals surface area (Å²) in [6.07, 6.45) is 0. The molecule has 3 amide bonds. The molecule has 0 aliphatic rings. The maximum Gasteiger partial charge on any atom is 0.328 e. The lowest BCUT2D eigenvalue weighted by Gasteiger charge is -2.12. The third-order valence-electron chi connectivity index (χ3n) is 4.82. The summed E-state index contributed by atoms with van der Waals surface area (Å²) in [5.41, 5.74) is 5.87. The van der Waals surface area contributed by atoms with E-state index in [0.29, 0.717) is 11.4 Å². The van der Waals surface area contributed by atoms with E-state index in [4.69, 9.17) is 15.2 Å². The van der Waals surface area contributed by atoms with E-state index in [1.54, 1.807) is 24.3 Å². The number of carbonyl (C=O) groups excluding carboxylic acids is 4. The number of nitrogens with two attached hydrogens (primary N) is 1. The summed E-state index contributed by atoms with van der Waals surface area (Å²) in [6.45, 7) is 0.137. The number of carbonyl (C=O) groups is 4. The third kappa shape index (κ3) is 6.19. The van der Waals surface area contributed by atoms with Crippen LogP contribution in [0, 0.1) is 6.92 Å². The SMILES string of the molecule is COc1ccc(C)cc1NC(=O)CNC(=O)COC(=O)Cn1nc(C(N)=O)c2ccccc2c1=O. The molecule has 1 aromatic heterocycles. The third-order valence-corrected chi connectivity index (χ3v) is 4.82.